The highest BCUT2D eigenvalue weighted by Gasteiger charge is 2.30. The Morgan fingerprint density at radius 3 is 2.23 bits per heavy atom. The van der Waals surface area contributed by atoms with Crippen LogP contribution >= 0.6 is 11.8 Å². The smallest absolute Gasteiger partial charge is 0.322 e. The predicted octanol–water partition coefficient (Wildman–Crippen LogP) is -3.33. The quantitative estimate of drug-likeness (QED) is 0.0683. The number of hydrogen-bond donors (Lipinski definition) is 8. The van der Waals surface area contributed by atoms with E-state index in [-0.39, 0.29) is 18.9 Å². The molecule has 0 aliphatic rings. The van der Waals surface area contributed by atoms with Gasteiger partial charge in [0, 0.05) is 6.54 Å². The molecule has 178 valence electrons. The topological polar surface area (TPSA) is 235 Å². The first kappa shape index (κ1) is 28.4. The van der Waals surface area contributed by atoms with E-state index in [9.17, 15) is 24.3 Å². The molecule has 14 heteroatoms. The van der Waals surface area contributed by atoms with Crippen molar-refractivity contribution in [3.8, 4) is 0 Å². The summed E-state index contributed by atoms with van der Waals surface area (Å²) in [6.45, 7) is 0.845. The van der Waals surface area contributed by atoms with Gasteiger partial charge in [-0.25, -0.2) is 0 Å². The molecule has 0 heterocycles. The number of carbonyl (C=O) groups excluding carboxylic acids is 3. The zero-order chi connectivity index (χ0) is 24.0. The van der Waals surface area contributed by atoms with Gasteiger partial charge >= 0.3 is 5.97 Å². The summed E-state index contributed by atoms with van der Waals surface area (Å²) in [5.74, 6) is -2.93. The molecule has 0 saturated heterocycles. The van der Waals surface area contributed by atoms with Gasteiger partial charge in [-0.2, -0.15) is 11.8 Å². The van der Waals surface area contributed by atoms with Crippen molar-refractivity contribution in [3.05, 3.63) is 0 Å². The Morgan fingerprint density at radius 1 is 1.06 bits per heavy atom. The fraction of sp³-hybridized carbons (Fsp3) is 0.706. The van der Waals surface area contributed by atoms with E-state index in [1.54, 1.807) is 0 Å². The number of nitrogens with zero attached hydrogens (tertiary/aromatic N) is 1. The molecule has 0 aromatic rings. The third-order valence-electron chi connectivity index (χ3n) is 4.02. The zero-order valence-corrected chi connectivity index (χ0v) is 18.5. The van der Waals surface area contributed by atoms with Crippen LogP contribution in [0.4, 0.5) is 0 Å². The van der Waals surface area contributed by atoms with Crippen LogP contribution in [-0.4, -0.2) is 89.2 Å². The summed E-state index contributed by atoms with van der Waals surface area (Å²) in [7, 11) is 0. The summed E-state index contributed by atoms with van der Waals surface area (Å²) in [6.07, 6.45) is 1.35. The van der Waals surface area contributed by atoms with Gasteiger partial charge in [0.1, 0.15) is 18.6 Å². The van der Waals surface area contributed by atoms with Gasteiger partial charge in [-0.3, -0.25) is 24.2 Å². The van der Waals surface area contributed by atoms with Crippen LogP contribution in [0.2, 0.25) is 0 Å². The third-order valence-corrected chi connectivity index (χ3v) is 4.67. The predicted molar refractivity (Wildman–Crippen MR) is 117 cm³/mol. The molecule has 4 unspecified atom stereocenters. The number of nitrogens with one attached hydrogen (secondary N) is 3. The van der Waals surface area contributed by atoms with Crippen LogP contribution in [0.5, 0.6) is 0 Å². The number of aliphatic hydroxyl groups is 1. The second kappa shape index (κ2) is 15.3. The van der Waals surface area contributed by atoms with Crippen molar-refractivity contribution >= 4 is 41.4 Å². The van der Waals surface area contributed by atoms with E-state index in [1.165, 1.54) is 18.7 Å². The van der Waals surface area contributed by atoms with Crippen molar-refractivity contribution in [2.75, 3.05) is 25.1 Å². The van der Waals surface area contributed by atoms with Crippen molar-refractivity contribution in [2.45, 2.75) is 50.4 Å². The number of nitrogens with two attached hydrogens (primary N) is 3. The van der Waals surface area contributed by atoms with Gasteiger partial charge in [0.05, 0.1) is 12.1 Å². The minimum Gasteiger partial charge on any atom is -0.480 e. The molecule has 31 heavy (non-hydrogen) atoms. The van der Waals surface area contributed by atoms with Gasteiger partial charge in [0.2, 0.25) is 17.7 Å². The number of aliphatic imine (C=N–C) groups is 1. The molecule has 0 aliphatic carbocycles. The second-order valence-corrected chi connectivity index (χ2v) is 7.72. The fourth-order valence-electron chi connectivity index (χ4n) is 2.36. The van der Waals surface area contributed by atoms with E-state index in [2.05, 4.69) is 20.9 Å². The summed E-state index contributed by atoms with van der Waals surface area (Å²) in [4.78, 5) is 51.7. The molecule has 0 bridgehead atoms. The van der Waals surface area contributed by atoms with Crippen molar-refractivity contribution in [2.24, 2.45) is 22.2 Å². The van der Waals surface area contributed by atoms with Crippen LogP contribution in [0, 0.1) is 0 Å². The normalized spacial score (nSPS) is 14.5. The zero-order valence-electron chi connectivity index (χ0n) is 17.7. The van der Waals surface area contributed by atoms with E-state index < -0.39 is 54.5 Å². The average Bonchev–Trinajstić information content (AvgIpc) is 2.69. The van der Waals surface area contributed by atoms with Gasteiger partial charge < -0.3 is 43.4 Å². The van der Waals surface area contributed by atoms with Crippen LogP contribution in [0.25, 0.3) is 0 Å². The van der Waals surface area contributed by atoms with Gasteiger partial charge in [-0.15, -0.1) is 0 Å². The van der Waals surface area contributed by atoms with Crippen molar-refractivity contribution in [1.29, 1.82) is 0 Å². The standard InChI is InChI=1S/C17H33N7O6S/c1-9(25)13(24-14(28)10(18)5-7-31-2)16(30)23-11(4-3-6-21-17(19)20)15(29)22-8-12(26)27/h9-11,13,25H,3-8,18H2,1-2H3,(H,22,29)(H,23,30)(H,24,28)(H,26,27)(H4,19,20,21). The lowest BCUT2D eigenvalue weighted by Crippen LogP contribution is -2.59. The maximum absolute atomic E-state index is 12.7. The number of amides is 3. The first-order chi connectivity index (χ1) is 14.5. The fourth-order valence-corrected chi connectivity index (χ4v) is 2.85. The maximum Gasteiger partial charge on any atom is 0.322 e. The highest BCUT2D eigenvalue weighted by Crippen LogP contribution is 2.04. The van der Waals surface area contributed by atoms with E-state index in [0.717, 1.165) is 0 Å². The molecule has 4 atom stereocenters. The number of aliphatic carboxylic acids is 1. The number of hydrogen-bond acceptors (Lipinski definition) is 8. The van der Waals surface area contributed by atoms with Gasteiger partial charge in [0.25, 0.3) is 0 Å². The Hall–Kier alpha value is -2.58. The van der Waals surface area contributed by atoms with Crippen molar-refractivity contribution in [3.63, 3.8) is 0 Å². The van der Waals surface area contributed by atoms with Crippen LogP contribution < -0.4 is 33.2 Å². The SMILES string of the molecule is CSCCC(N)C(=O)NC(C(=O)NC(CCCN=C(N)N)C(=O)NCC(=O)O)C(C)O. The Balaban J connectivity index is 5.18. The number of carboxylic acid groups (broad SMARTS) is 1. The lowest BCUT2D eigenvalue weighted by molar-refractivity contribution is -0.138. The summed E-state index contributed by atoms with van der Waals surface area (Å²) in [5.41, 5.74) is 16.3. The molecular weight excluding hydrogens is 430 g/mol. The molecule has 0 radical (unpaired) electrons. The number of aliphatic hydroxyl groups excluding tert-OH is 1. The average molecular weight is 464 g/mol. The molecule has 0 aromatic carbocycles. The number of guanidine groups is 1. The first-order valence-corrected chi connectivity index (χ1v) is 11.0. The molecule has 0 fully saturated rings. The molecule has 11 N–H and O–H groups in total. The highest BCUT2D eigenvalue weighted by atomic mass is 32.2. The Kier molecular flexibility index (Phi) is 14.0. The summed E-state index contributed by atoms with van der Waals surface area (Å²) in [5, 5.41) is 25.7. The minimum absolute atomic E-state index is 0.0850. The molecular formula is C17H33N7O6S. The van der Waals surface area contributed by atoms with Crippen LogP contribution in [-0.2, 0) is 19.2 Å². The summed E-state index contributed by atoms with van der Waals surface area (Å²) >= 11 is 1.51. The van der Waals surface area contributed by atoms with Gasteiger partial charge in [0.15, 0.2) is 5.96 Å². The van der Waals surface area contributed by atoms with Crippen molar-refractivity contribution in [1.82, 2.24) is 16.0 Å². The Morgan fingerprint density at radius 2 is 1.71 bits per heavy atom. The van der Waals surface area contributed by atoms with Crippen LogP contribution in [0.3, 0.4) is 0 Å². The molecule has 0 spiro atoms. The van der Waals surface area contributed by atoms with Crippen LogP contribution in [0.15, 0.2) is 4.99 Å². The lowest BCUT2D eigenvalue weighted by Gasteiger charge is -2.25. The summed E-state index contributed by atoms with van der Waals surface area (Å²) in [6, 6.07) is -3.36. The first-order valence-electron chi connectivity index (χ1n) is 9.57. The number of carboxylic acids is 1. The van der Waals surface area contributed by atoms with Gasteiger partial charge in [-0.05, 0) is 38.2 Å². The van der Waals surface area contributed by atoms with E-state index in [0.29, 0.717) is 18.6 Å². The van der Waals surface area contributed by atoms with Crippen LogP contribution in [0.1, 0.15) is 26.2 Å². The second-order valence-electron chi connectivity index (χ2n) is 6.74. The van der Waals surface area contributed by atoms with E-state index >= 15 is 0 Å². The Labute approximate surface area is 185 Å². The van der Waals surface area contributed by atoms with E-state index in [4.69, 9.17) is 22.3 Å². The molecule has 0 aliphatic heterocycles. The minimum atomic E-state index is -1.36. The molecule has 0 rings (SSSR count). The highest BCUT2D eigenvalue weighted by molar-refractivity contribution is 7.98. The number of thioether (sulfide) groups is 1. The molecule has 0 saturated carbocycles. The molecule has 3 amide bonds. The number of carbonyl (C=O) groups is 4. The molecule has 0 aromatic heterocycles. The lowest BCUT2D eigenvalue weighted by atomic mass is 10.1. The monoisotopic (exact) mass is 463 g/mol. The Bertz CT molecular complexity index is 642. The maximum atomic E-state index is 12.7. The van der Waals surface area contributed by atoms with Gasteiger partial charge in [-0.1, -0.05) is 0 Å². The largest absolute Gasteiger partial charge is 0.480 e. The summed E-state index contributed by atoms with van der Waals surface area (Å²) < 4.78 is 0. The number of rotatable bonds is 15. The van der Waals surface area contributed by atoms with Crippen molar-refractivity contribution < 1.29 is 29.4 Å². The molecule has 13 nitrogen and oxygen atoms in total. The third kappa shape index (κ3) is 12.7. The van der Waals surface area contributed by atoms with E-state index in [1.807, 2.05) is 6.26 Å².